The number of hydrogen-bond donors (Lipinski definition) is 0. The number of rotatable bonds is 3. The number of aryl methyl sites for hydroxylation is 1. The molecule has 4 rings (SSSR count). The Morgan fingerprint density at radius 2 is 1.52 bits per heavy atom. The lowest BCUT2D eigenvalue weighted by molar-refractivity contribution is -0.0155. The fraction of sp³-hybridized carbons (Fsp3) is 0.0526. The quantitative estimate of drug-likeness (QED) is 0.647. The van der Waals surface area contributed by atoms with Crippen molar-refractivity contribution in [2.24, 2.45) is 0 Å². The van der Waals surface area contributed by atoms with E-state index >= 15 is 0 Å². The predicted molar refractivity (Wildman–Crippen MR) is 93.9 cm³/mol. The third-order valence-electron chi connectivity index (χ3n) is 4.33. The number of imide groups is 1. The lowest BCUT2D eigenvalue weighted by Crippen LogP contribution is -2.41. The largest absolute Gasteiger partial charge is 0.318 e. The minimum Gasteiger partial charge on any atom is -0.266 e. The van der Waals surface area contributed by atoms with Gasteiger partial charge in [0.15, 0.2) is 0 Å². The summed E-state index contributed by atoms with van der Waals surface area (Å²) in [4.78, 5) is 25.0. The maximum absolute atomic E-state index is 13.4. The molecule has 6 nitrogen and oxygen atoms in total. The molecule has 0 atom stereocenters. The van der Waals surface area contributed by atoms with E-state index in [0.717, 1.165) is 18.2 Å². The molecule has 0 aliphatic carbocycles. The van der Waals surface area contributed by atoms with E-state index < -0.39 is 27.7 Å². The molecule has 0 aromatic heterocycles. The summed E-state index contributed by atoms with van der Waals surface area (Å²) < 4.78 is 43.3. The molecule has 27 heavy (non-hydrogen) atoms. The third kappa shape index (κ3) is 2.70. The van der Waals surface area contributed by atoms with Crippen LogP contribution in [0.15, 0.2) is 59.5 Å². The standard InChI is InChI=1S/C19H12FNO5S/c1-11-10-13(8-9-16(11)20)27(24,25)26-21-18(22)14-6-2-4-12-5-3-7-15(17(12)14)19(21)23/h2-10H,1H3. The molecule has 0 fully saturated rings. The van der Waals surface area contributed by atoms with Crippen LogP contribution in [0.4, 0.5) is 4.39 Å². The van der Waals surface area contributed by atoms with Crippen LogP contribution >= 0.6 is 0 Å². The van der Waals surface area contributed by atoms with Crippen molar-refractivity contribution in [1.29, 1.82) is 0 Å². The molecule has 3 aromatic rings. The molecule has 3 aromatic carbocycles. The van der Waals surface area contributed by atoms with Crippen LogP contribution in [0.25, 0.3) is 10.8 Å². The number of carbonyl (C=O) groups excluding carboxylic acids is 2. The molecule has 0 N–H and O–H groups in total. The first-order chi connectivity index (χ1) is 12.8. The van der Waals surface area contributed by atoms with Crippen LogP contribution in [-0.4, -0.2) is 25.3 Å². The van der Waals surface area contributed by atoms with Crippen molar-refractivity contribution in [3.63, 3.8) is 0 Å². The highest BCUT2D eigenvalue weighted by molar-refractivity contribution is 7.86. The summed E-state index contributed by atoms with van der Waals surface area (Å²) in [5.41, 5.74) is 0.410. The zero-order valence-corrected chi connectivity index (χ0v) is 14.8. The third-order valence-corrected chi connectivity index (χ3v) is 5.50. The molecular formula is C19H12FNO5S. The van der Waals surface area contributed by atoms with Gasteiger partial charge in [0.25, 0.3) is 11.8 Å². The van der Waals surface area contributed by atoms with E-state index in [-0.39, 0.29) is 26.6 Å². The first kappa shape index (κ1) is 17.3. The number of carbonyl (C=O) groups is 2. The minimum absolute atomic E-state index is 0.0890. The Labute approximate surface area is 153 Å². The summed E-state index contributed by atoms with van der Waals surface area (Å²) >= 11 is 0. The Kier molecular flexibility index (Phi) is 3.83. The summed E-state index contributed by atoms with van der Waals surface area (Å²) in [5, 5.41) is 1.36. The Morgan fingerprint density at radius 1 is 0.926 bits per heavy atom. The van der Waals surface area contributed by atoms with Gasteiger partial charge in [-0.15, -0.1) is 9.35 Å². The average Bonchev–Trinajstić information content (AvgIpc) is 2.65. The predicted octanol–water partition coefficient (Wildman–Crippen LogP) is 3.20. The molecule has 1 heterocycles. The van der Waals surface area contributed by atoms with Gasteiger partial charge in [-0.3, -0.25) is 9.59 Å². The second-order valence-corrected chi connectivity index (χ2v) is 7.58. The van der Waals surface area contributed by atoms with Crippen molar-refractivity contribution in [3.8, 4) is 0 Å². The average molecular weight is 385 g/mol. The topological polar surface area (TPSA) is 80.8 Å². The first-order valence-corrected chi connectivity index (χ1v) is 9.32. The number of amides is 2. The normalized spacial score (nSPS) is 14.1. The van der Waals surface area contributed by atoms with Gasteiger partial charge in [0.1, 0.15) is 5.82 Å². The second-order valence-electron chi connectivity index (χ2n) is 6.05. The highest BCUT2D eigenvalue weighted by atomic mass is 32.2. The van der Waals surface area contributed by atoms with Gasteiger partial charge in [-0.2, -0.15) is 8.42 Å². The first-order valence-electron chi connectivity index (χ1n) is 7.91. The van der Waals surface area contributed by atoms with Crippen molar-refractivity contribution in [1.82, 2.24) is 5.06 Å². The lowest BCUT2D eigenvalue weighted by atomic mass is 9.95. The lowest BCUT2D eigenvalue weighted by Gasteiger charge is -2.25. The monoisotopic (exact) mass is 385 g/mol. The van der Waals surface area contributed by atoms with Gasteiger partial charge in [0.2, 0.25) is 0 Å². The maximum atomic E-state index is 13.4. The van der Waals surface area contributed by atoms with Crippen molar-refractivity contribution in [2.45, 2.75) is 11.8 Å². The smallest absolute Gasteiger partial charge is 0.266 e. The summed E-state index contributed by atoms with van der Waals surface area (Å²) in [7, 11) is -4.52. The molecule has 0 radical (unpaired) electrons. The molecule has 0 saturated carbocycles. The Morgan fingerprint density at radius 3 is 2.07 bits per heavy atom. The van der Waals surface area contributed by atoms with Crippen LogP contribution in [0.3, 0.4) is 0 Å². The van der Waals surface area contributed by atoms with Crippen molar-refractivity contribution in [3.05, 3.63) is 77.1 Å². The number of benzene rings is 3. The van der Waals surface area contributed by atoms with Crippen molar-refractivity contribution in [2.75, 3.05) is 0 Å². The Balaban J connectivity index is 1.78. The summed E-state index contributed by atoms with van der Waals surface area (Å²) in [6.45, 7) is 1.39. The molecule has 136 valence electrons. The number of hydroxylamine groups is 2. The molecule has 0 spiro atoms. The number of halogens is 1. The summed E-state index contributed by atoms with van der Waals surface area (Å²) in [6, 6.07) is 12.8. The second kappa shape index (κ2) is 5.97. The molecule has 0 unspecified atom stereocenters. The summed E-state index contributed by atoms with van der Waals surface area (Å²) in [6.07, 6.45) is 0. The van der Waals surface area contributed by atoms with Gasteiger partial charge in [-0.1, -0.05) is 24.3 Å². The Bertz CT molecular complexity index is 1190. The van der Waals surface area contributed by atoms with Gasteiger partial charge in [0.05, 0.1) is 16.0 Å². The van der Waals surface area contributed by atoms with E-state index in [1.165, 1.54) is 19.1 Å². The summed E-state index contributed by atoms with van der Waals surface area (Å²) in [5.74, 6) is -2.35. The van der Waals surface area contributed by atoms with Crippen LogP contribution in [0.5, 0.6) is 0 Å². The van der Waals surface area contributed by atoms with Crippen LogP contribution in [0.1, 0.15) is 26.3 Å². The Hall–Kier alpha value is -3.10. The van der Waals surface area contributed by atoms with Gasteiger partial charge in [0, 0.05) is 5.39 Å². The van der Waals surface area contributed by atoms with Gasteiger partial charge >= 0.3 is 10.1 Å². The SMILES string of the molecule is Cc1cc(S(=O)(=O)ON2C(=O)c3cccc4cccc(c34)C2=O)ccc1F. The van der Waals surface area contributed by atoms with Gasteiger partial charge in [-0.25, -0.2) is 4.39 Å². The highest BCUT2D eigenvalue weighted by Gasteiger charge is 2.37. The fourth-order valence-corrected chi connectivity index (χ4v) is 3.96. The van der Waals surface area contributed by atoms with Gasteiger partial charge in [-0.05, 0) is 48.2 Å². The zero-order chi connectivity index (χ0) is 19.3. The zero-order valence-electron chi connectivity index (χ0n) is 14.0. The maximum Gasteiger partial charge on any atom is 0.318 e. The molecule has 2 amide bonds. The van der Waals surface area contributed by atoms with Crippen LogP contribution < -0.4 is 0 Å². The van der Waals surface area contributed by atoms with E-state index in [2.05, 4.69) is 0 Å². The van der Waals surface area contributed by atoms with Gasteiger partial charge < -0.3 is 0 Å². The molecule has 8 heteroatoms. The van der Waals surface area contributed by atoms with E-state index in [1.54, 1.807) is 24.3 Å². The highest BCUT2D eigenvalue weighted by Crippen LogP contribution is 2.31. The molecule has 0 saturated heterocycles. The van der Waals surface area contributed by atoms with E-state index in [0.29, 0.717) is 10.8 Å². The molecular weight excluding hydrogens is 373 g/mol. The fourth-order valence-electron chi connectivity index (χ4n) is 2.99. The van der Waals surface area contributed by atoms with Crippen LogP contribution in [0.2, 0.25) is 0 Å². The number of hydrogen-bond acceptors (Lipinski definition) is 5. The number of nitrogens with zero attached hydrogens (tertiary/aromatic N) is 1. The van der Waals surface area contributed by atoms with Crippen LogP contribution in [0, 0.1) is 12.7 Å². The minimum atomic E-state index is -4.52. The molecule has 0 bridgehead atoms. The van der Waals surface area contributed by atoms with E-state index in [4.69, 9.17) is 4.28 Å². The van der Waals surface area contributed by atoms with Crippen LogP contribution in [-0.2, 0) is 14.4 Å². The van der Waals surface area contributed by atoms with Crippen molar-refractivity contribution >= 4 is 32.7 Å². The van der Waals surface area contributed by atoms with E-state index in [1.807, 2.05) is 0 Å². The van der Waals surface area contributed by atoms with E-state index in [9.17, 15) is 22.4 Å². The molecule has 1 aliphatic heterocycles. The van der Waals surface area contributed by atoms with Crippen molar-refractivity contribution < 1.29 is 26.7 Å². The molecule has 1 aliphatic rings.